The SMILES string of the molecule is CN=C(N)N(C)c1ccc(OC)c(OC)c1. The van der Waals surface area contributed by atoms with Crippen LogP contribution in [0.3, 0.4) is 0 Å². The van der Waals surface area contributed by atoms with Crippen LogP contribution in [0.15, 0.2) is 23.2 Å². The minimum absolute atomic E-state index is 0.437. The van der Waals surface area contributed by atoms with E-state index in [1.54, 1.807) is 26.2 Å². The van der Waals surface area contributed by atoms with Crippen LogP contribution in [0.4, 0.5) is 5.69 Å². The highest BCUT2D eigenvalue weighted by molar-refractivity contribution is 5.94. The largest absolute Gasteiger partial charge is 0.493 e. The molecular weight excluding hydrogens is 206 g/mol. The van der Waals surface area contributed by atoms with Crippen LogP contribution in [0.5, 0.6) is 11.5 Å². The molecule has 0 amide bonds. The smallest absolute Gasteiger partial charge is 0.195 e. The second-order valence-corrected chi connectivity index (χ2v) is 3.18. The highest BCUT2D eigenvalue weighted by Gasteiger charge is 2.09. The van der Waals surface area contributed by atoms with Gasteiger partial charge in [-0.1, -0.05) is 0 Å². The molecule has 0 saturated carbocycles. The van der Waals surface area contributed by atoms with E-state index < -0.39 is 0 Å². The lowest BCUT2D eigenvalue weighted by molar-refractivity contribution is 0.355. The van der Waals surface area contributed by atoms with Gasteiger partial charge in [0.15, 0.2) is 17.5 Å². The summed E-state index contributed by atoms with van der Waals surface area (Å²) in [5, 5.41) is 0. The molecule has 0 spiro atoms. The number of nitrogens with two attached hydrogens (primary N) is 1. The number of hydrogen-bond acceptors (Lipinski definition) is 3. The fourth-order valence-electron chi connectivity index (χ4n) is 1.32. The van der Waals surface area contributed by atoms with Gasteiger partial charge < -0.3 is 20.1 Å². The molecule has 0 unspecified atom stereocenters. The van der Waals surface area contributed by atoms with Gasteiger partial charge in [0.25, 0.3) is 0 Å². The van der Waals surface area contributed by atoms with Crippen LogP contribution in [0.2, 0.25) is 0 Å². The summed E-state index contributed by atoms with van der Waals surface area (Å²) in [5.74, 6) is 1.79. The predicted molar refractivity (Wildman–Crippen MR) is 65.5 cm³/mol. The summed E-state index contributed by atoms with van der Waals surface area (Å²) in [6.45, 7) is 0. The Morgan fingerprint density at radius 3 is 2.38 bits per heavy atom. The summed E-state index contributed by atoms with van der Waals surface area (Å²) in [6.07, 6.45) is 0. The maximum Gasteiger partial charge on any atom is 0.195 e. The van der Waals surface area contributed by atoms with Crippen LogP contribution in [0, 0.1) is 0 Å². The van der Waals surface area contributed by atoms with Crippen molar-refractivity contribution in [2.75, 3.05) is 33.2 Å². The standard InChI is InChI=1S/C11H17N3O2/c1-13-11(12)14(2)8-5-6-9(15-3)10(7-8)16-4/h5-7H,1-4H3,(H2,12,13). The molecule has 0 radical (unpaired) electrons. The lowest BCUT2D eigenvalue weighted by atomic mass is 10.2. The maximum atomic E-state index is 5.71. The van der Waals surface area contributed by atoms with Crippen molar-refractivity contribution in [3.05, 3.63) is 18.2 Å². The molecule has 5 heteroatoms. The van der Waals surface area contributed by atoms with Crippen molar-refractivity contribution >= 4 is 11.6 Å². The molecule has 0 aliphatic heterocycles. The Balaban J connectivity index is 3.08. The predicted octanol–water partition coefficient (Wildman–Crippen LogP) is 1.08. The van der Waals surface area contributed by atoms with Crippen LogP contribution >= 0.6 is 0 Å². The van der Waals surface area contributed by atoms with Crippen LogP contribution < -0.4 is 20.1 Å². The topological polar surface area (TPSA) is 60.1 Å². The van der Waals surface area contributed by atoms with Gasteiger partial charge >= 0.3 is 0 Å². The van der Waals surface area contributed by atoms with E-state index in [9.17, 15) is 0 Å². The molecule has 1 aromatic carbocycles. The Morgan fingerprint density at radius 2 is 1.88 bits per heavy atom. The van der Waals surface area contributed by atoms with E-state index in [0.29, 0.717) is 17.5 Å². The Labute approximate surface area is 95.5 Å². The molecule has 0 atom stereocenters. The quantitative estimate of drug-likeness (QED) is 0.615. The van der Waals surface area contributed by atoms with Crippen molar-refractivity contribution in [3.63, 3.8) is 0 Å². The van der Waals surface area contributed by atoms with Gasteiger partial charge in [0.2, 0.25) is 0 Å². The van der Waals surface area contributed by atoms with Crippen LogP contribution in [-0.2, 0) is 0 Å². The Hall–Kier alpha value is -1.91. The first-order valence-corrected chi connectivity index (χ1v) is 4.82. The number of methoxy groups -OCH3 is 2. The van der Waals surface area contributed by atoms with Crippen LogP contribution in [-0.4, -0.2) is 34.3 Å². The Kier molecular flexibility index (Phi) is 3.99. The van der Waals surface area contributed by atoms with Crippen molar-refractivity contribution in [2.24, 2.45) is 10.7 Å². The Bertz CT molecular complexity index is 391. The molecule has 0 heterocycles. The lowest BCUT2D eigenvalue weighted by Crippen LogP contribution is -2.33. The van der Waals surface area contributed by atoms with E-state index >= 15 is 0 Å². The summed E-state index contributed by atoms with van der Waals surface area (Å²) >= 11 is 0. The van der Waals surface area contributed by atoms with E-state index in [-0.39, 0.29) is 0 Å². The minimum Gasteiger partial charge on any atom is -0.493 e. The van der Waals surface area contributed by atoms with E-state index in [0.717, 1.165) is 5.69 Å². The zero-order valence-electron chi connectivity index (χ0n) is 10.0. The second kappa shape index (κ2) is 5.25. The molecule has 0 aliphatic rings. The average Bonchev–Trinajstić information content (AvgIpc) is 2.35. The van der Waals surface area contributed by atoms with Gasteiger partial charge in [-0.15, -0.1) is 0 Å². The highest BCUT2D eigenvalue weighted by atomic mass is 16.5. The van der Waals surface area contributed by atoms with E-state index in [1.807, 2.05) is 25.2 Å². The van der Waals surface area contributed by atoms with Crippen molar-refractivity contribution in [3.8, 4) is 11.5 Å². The number of guanidine groups is 1. The number of ether oxygens (including phenoxy) is 2. The molecule has 5 nitrogen and oxygen atoms in total. The molecule has 2 N–H and O–H groups in total. The van der Waals surface area contributed by atoms with E-state index in [1.165, 1.54) is 0 Å². The highest BCUT2D eigenvalue weighted by Crippen LogP contribution is 2.30. The fourth-order valence-corrected chi connectivity index (χ4v) is 1.32. The van der Waals surface area contributed by atoms with Crippen LogP contribution in [0.25, 0.3) is 0 Å². The molecule has 88 valence electrons. The summed E-state index contributed by atoms with van der Waals surface area (Å²) in [7, 11) is 6.68. The van der Waals surface area contributed by atoms with Gasteiger partial charge in [0.1, 0.15) is 0 Å². The number of hydrogen-bond donors (Lipinski definition) is 1. The van der Waals surface area contributed by atoms with Gasteiger partial charge in [0, 0.05) is 25.8 Å². The normalized spacial score (nSPS) is 11.1. The third kappa shape index (κ3) is 2.36. The molecular formula is C11H17N3O2. The second-order valence-electron chi connectivity index (χ2n) is 3.18. The molecule has 16 heavy (non-hydrogen) atoms. The maximum absolute atomic E-state index is 5.71. The molecule has 1 rings (SSSR count). The van der Waals surface area contributed by atoms with E-state index in [2.05, 4.69) is 4.99 Å². The molecule has 0 aromatic heterocycles. The Morgan fingerprint density at radius 1 is 1.25 bits per heavy atom. The van der Waals surface area contributed by atoms with Crippen molar-refractivity contribution < 1.29 is 9.47 Å². The van der Waals surface area contributed by atoms with Crippen molar-refractivity contribution in [1.82, 2.24) is 0 Å². The summed E-state index contributed by atoms with van der Waals surface area (Å²) in [5.41, 5.74) is 6.60. The molecule has 0 saturated heterocycles. The number of aliphatic imine (C=N–C) groups is 1. The van der Waals surface area contributed by atoms with E-state index in [4.69, 9.17) is 15.2 Å². The zero-order chi connectivity index (χ0) is 12.1. The van der Waals surface area contributed by atoms with Crippen molar-refractivity contribution in [1.29, 1.82) is 0 Å². The first kappa shape index (κ1) is 12.2. The minimum atomic E-state index is 0.437. The van der Waals surface area contributed by atoms with Crippen molar-refractivity contribution in [2.45, 2.75) is 0 Å². The number of anilines is 1. The van der Waals surface area contributed by atoms with Gasteiger partial charge in [-0.2, -0.15) is 0 Å². The summed E-state index contributed by atoms with van der Waals surface area (Å²) in [6, 6.07) is 5.56. The first-order valence-electron chi connectivity index (χ1n) is 4.82. The van der Waals surface area contributed by atoms with Gasteiger partial charge in [-0.3, -0.25) is 4.99 Å². The average molecular weight is 223 g/mol. The summed E-state index contributed by atoms with van der Waals surface area (Å²) in [4.78, 5) is 5.68. The van der Waals surface area contributed by atoms with Gasteiger partial charge in [-0.05, 0) is 12.1 Å². The number of benzene rings is 1. The molecule has 0 aliphatic carbocycles. The molecule has 0 bridgehead atoms. The zero-order valence-corrected chi connectivity index (χ0v) is 10.0. The van der Waals surface area contributed by atoms with Crippen LogP contribution in [0.1, 0.15) is 0 Å². The number of rotatable bonds is 3. The molecule has 1 aromatic rings. The third-order valence-electron chi connectivity index (χ3n) is 2.33. The first-order chi connectivity index (χ1) is 7.63. The summed E-state index contributed by atoms with van der Waals surface area (Å²) < 4.78 is 10.4. The number of nitrogens with zero attached hydrogens (tertiary/aromatic N) is 2. The third-order valence-corrected chi connectivity index (χ3v) is 2.33. The monoisotopic (exact) mass is 223 g/mol. The van der Waals surface area contributed by atoms with Gasteiger partial charge in [0.05, 0.1) is 14.2 Å². The van der Waals surface area contributed by atoms with Gasteiger partial charge in [-0.25, -0.2) is 0 Å². The lowest BCUT2D eigenvalue weighted by Gasteiger charge is -2.19. The fraction of sp³-hybridized carbons (Fsp3) is 0.364. The molecule has 0 fully saturated rings.